The van der Waals surface area contributed by atoms with E-state index in [2.05, 4.69) is 4.98 Å². The summed E-state index contributed by atoms with van der Waals surface area (Å²) in [6.45, 7) is 0. The Morgan fingerprint density at radius 2 is 1.75 bits per heavy atom. The molecule has 24 heavy (non-hydrogen) atoms. The monoisotopic (exact) mass is 382 g/mol. The minimum atomic E-state index is -0.532. The Morgan fingerprint density at radius 3 is 2.42 bits per heavy atom. The molecule has 0 amide bonds. The largest absolute Gasteiger partial charge is 1.00 e. The molecule has 0 fully saturated rings. The summed E-state index contributed by atoms with van der Waals surface area (Å²) in [5, 5.41) is 13.2. The van der Waals surface area contributed by atoms with Crippen LogP contribution in [-0.2, 0) is 5.75 Å². The summed E-state index contributed by atoms with van der Waals surface area (Å²) in [4.78, 5) is 15.6. The Labute approximate surface area is 191 Å². The Kier molecular flexibility index (Phi) is 7.55. The first-order chi connectivity index (χ1) is 11.1. The van der Waals surface area contributed by atoms with Gasteiger partial charge in [-0.1, -0.05) is 53.7 Å². The van der Waals surface area contributed by atoms with Crippen LogP contribution in [-0.4, -0.2) is 9.55 Å². The third-order valence-electron chi connectivity index (χ3n) is 3.16. The van der Waals surface area contributed by atoms with Gasteiger partial charge in [-0.2, -0.15) is 4.98 Å². The zero-order valence-electron chi connectivity index (χ0n) is 13.0. The molecule has 0 aliphatic heterocycles. The van der Waals surface area contributed by atoms with Gasteiger partial charge in [0.1, 0.15) is 0 Å². The van der Waals surface area contributed by atoms with Crippen LogP contribution in [0.1, 0.15) is 5.56 Å². The van der Waals surface area contributed by atoms with E-state index in [0.29, 0.717) is 21.6 Å². The van der Waals surface area contributed by atoms with E-state index < -0.39 is 11.4 Å². The Morgan fingerprint density at radius 1 is 1.08 bits per heavy atom. The van der Waals surface area contributed by atoms with Crippen LogP contribution >= 0.6 is 23.4 Å². The van der Waals surface area contributed by atoms with Crippen LogP contribution in [0.5, 0.6) is 5.88 Å². The predicted molar refractivity (Wildman–Crippen MR) is 90.3 cm³/mol. The molecule has 3 rings (SSSR count). The van der Waals surface area contributed by atoms with E-state index in [-0.39, 0.29) is 51.4 Å². The average molecular weight is 383 g/mol. The molecule has 0 unspecified atom stereocenters. The van der Waals surface area contributed by atoms with E-state index in [4.69, 9.17) is 11.6 Å². The molecule has 0 radical (unpaired) electrons. The van der Waals surface area contributed by atoms with Crippen molar-refractivity contribution < 1.29 is 56.5 Å². The van der Waals surface area contributed by atoms with E-state index in [9.17, 15) is 9.90 Å². The fourth-order valence-electron chi connectivity index (χ4n) is 2.09. The van der Waals surface area contributed by atoms with Crippen molar-refractivity contribution in [2.24, 2.45) is 0 Å². The first-order valence-electron chi connectivity index (χ1n) is 6.87. The second-order valence-corrected chi connectivity index (χ2v) is 6.18. The molecule has 0 aliphatic carbocycles. The van der Waals surface area contributed by atoms with E-state index in [1.165, 1.54) is 16.3 Å². The van der Waals surface area contributed by atoms with Crippen molar-refractivity contribution in [1.29, 1.82) is 0 Å². The van der Waals surface area contributed by atoms with Gasteiger partial charge in [-0.15, -0.1) is 0 Å². The number of hydrogen-bond acceptors (Lipinski definition) is 4. The second kappa shape index (κ2) is 9.19. The van der Waals surface area contributed by atoms with E-state index in [1.54, 1.807) is 24.3 Å². The van der Waals surface area contributed by atoms with Crippen LogP contribution in [0.25, 0.3) is 5.69 Å². The van der Waals surface area contributed by atoms with E-state index >= 15 is 0 Å². The van der Waals surface area contributed by atoms with E-state index in [1.807, 2.05) is 30.3 Å². The molecule has 1 aromatic heterocycles. The number of nitrogens with zero attached hydrogens (tertiary/aromatic N) is 2. The summed E-state index contributed by atoms with van der Waals surface area (Å²) >= 11 is 7.23. The Hall–Kier alpha value is -0.604. The van der Waals surface area contributed by atoms with Crippen molar-refractivity contribution in [1.82, 2.24) is 9.55 Å². The molecular weight excluding hydrogens is 371 g/mol. The molecule has 0 atom stereocenters. The van der Waals surface area contributed by atoms with Crippen LogP contribution in [0.15, 0.2) is 70.6 Å². The van der Waals surface area contributed by atoms with Crippen molar-refractivity contribution in [3.05, 3.63) is 81.6 Å². The number of hydrogen-bond donors (Lipinski definition) is 0. The third kappa shape index (κ3) is 4.95. The van der Waals surface area contributed by atoms with E-state index in [0.717, 1.165) is 11.6 Å². The molecule has 0 N–H and O–H groups in total. The zero-order valence-corrected chi connectivity index (χ0v) is 17.7. The number of halogens is 1. The van der Waals surface area contributed by atoms with Gasteiger partial charge >= 0.3 is 51.4 Å². The smallest absolute Gasteiger partial charge is 0.860 e. The van der Waals surface area contributed by atoms with Gasteiger partial charge in [-0.3, -0.25) is 4.79 Å². The summed E-state index contributed by atoms with van der Waals surface area (Å²) in [6, 6.07) is 17.6. The molecule has 0 aliphatic rings. The quantitative estimate of drug-likeness (QED) is 0.369. The molecule has 3 aromatic rings. The van der Waals surface area contributed by atoms with Gasteiger partial charge in [0, 0.05) is 22.5 Å². The minimum Gasteiger partial charge on any atom is -0.860 e. The van der Waals surface area contributed by atoms with Gasteiger partial charge in [0.2, 0.25) is 0 Å². The van der Waals surface area contributed by atoms with Gasteiger partial charge in [0.25, 0.3) is 5.56 Å². The Bertz CT molecular complexity index is 870. The minimum absolute atomic E-state index is 0. The molecule has 7 heteroatoms. The Balaban J connectivity index is 0.00000208. The molecule has 0 bridgehead atoms. The topological polar surface area (TPSA) is 57.9 Å². The van der Waals surface area contributed by atoms with Crippen molar-refractivity contribution >= 4 is 23.4 Å². The summed E-state index contributed by atoms with van der Waals surface area (Å²) in [5.41, 5.74) is 1.18. The zero-order chi connectivity index (χ0) is 16.2. The number of thioether (sulfide) groups is 1. The number of rotatable bonds is 4. The maximum Gasteiger partial charge on any atom is 1.00 e. The van der Waals surface area contributed by atoms with Crippen molar-refractivity contribution in [2.75, 3.05) is 0 Å². The summed E-state index contributed by atoms with van der Waals surface area (Å²) in [5.74, 6) is 0.215. The molecule has 116 valence electrons. The normalized spacial score (nSPS) is 10.2. The molecule has 0 spiro atoms. The molecule has 1 heterocycles. The standard InChI is InChI=1S/C17H13ClN2O2S.K/c18-13-6-8-14(9-7-13)20-16(22)10-15(21)19-17(20)23-11-12-4-2-1-3-5-12;/h1-10,22H,11H2;/q;+1/p-1. The van der Waals surface area contributed by atoms with Gasteiger partial charge in [-0.25, -0.2) is 0 Å². The average Bonchev–Trinajstić information content (AvgIpc) is 2.55. The van der Waals surface area contributed by atoms with Crippen LogP contribution in [0.4, 0.5) is 0 Å². The van der Waals surface area contributed by atoms with Crippen LogP contribution < -0.4 is 62.1 Å². The SMILES string of the molecule is O=c1cc([O-])n(-c2ccc(Cl)cc2)c(SCc2ccccc2)n1.[K+]. The van der Waals surface area contributed by atoms with Crippen LogP contribution in [0, 0.1) is 0 Å². The fourth-order valence-corrected chi connectivity index (χ4v) is 3.18. The summed E-state index contributed by atoms with van der Waals surface area (Å²) in [6.07, 6.45) is 0. The summed E-state index contributed by atoms with van der Waals surface area (Å²) < 4.78 is 1.42. The maximum atomic E-state index is 12.2. The fraction of sp³-hybridized carbons (Fsp3) is 0.0588. The molecule has 0 saturated heterocycles. The second-order valence-electron chi connectivity index (χ2n) is 4.80. The maximum absolute atomic E-state index is 12.2. The summed E-state index contributed by atoms with van der Waals surface area (Å²) in [7, 11) is 0. The van der Waals surface area contributed by atoms with Gasteiger partial charge < -0.3 is 9.67 Å². The van der Waals surface area contributed by atoms with Crippen molar-refractivity contribution in [2.45, 2.75) is 10.9 Å². The van der Waals surface area contributed by atoms with Crippen molar-refractivity contribution in [3.8, 4) is 11.6 Å². The van der Waals surface area contributed by atoms with Crippen LogP contribution in [0.3, 0.4) is 0 Å². The van der Waals surface area contributed by atoms with Crippen molar-refractivity contribution in [3.63, 3.8) is 0 Å². The molecular formula is C17H12ClKN2O2S. The molecule has 0 saturated carbocycles. The molecule has 2 aromatic carbocycles. The van der Waals surface area contributed by atoms with Crippen LogP contribution in [0.2, 0.25) is 5.02 Å². The predicted octanol–water partition coefficient (Wildman–Crippen LogP) is 0.256. The first kappa shape index (κ1) is 19.7. The first-order valence-corrected chi connectivity index (χ1v) is 8.23. The van der Waals surface area contributed by atoms with Gasteiger partial charge in [0.15, 0.2) is 5.16 Å². The number of benzene rings is 2. The van der Waals surface area contributed by atoms with Gasteiger partial charge in [-0.05, 0) is 35.7 Å². The third-order valence-corrected chi connectivity index (χ3v) is 4.42. The molecule has 4 nitrogen and oxygen atoms in total. The van der Waals surface area contributed by atoms with Gasteiger partial charge in [0.05, 0.1) is 0 Å². The number of aromatic nitrogens is 2.